The van der Waals surface area contributed by atoms with E-state index >= 15 is 0 Å². The third kappa shape index (κ3) is 3.93. The molecule has 0 aliphatic carbocycles. The molecule has 0 aromatic carbocycles. The molecule has 1 fully saturated rings. The van der Waals surface area contributed by atoms with Crippen LogP contribution in [0, 0.1) is 18.3 Å². The molecule has 0 unspecified atom stereocenters. The molecule has 1 saturated heterocycles. The lowest BCUT2D eigenvalue weighted by atomic mass is 9.96. The highest BCUT2D eigenvalue weighted by Gasteiger charge is 2.21. The number of hydrogen-bond acceptors (Lipinski definition) is 2. The van der Waals surface area contributed by atoms with E-state index in [1.807, 2.05) is 4.90 Å². The van der Waals surface area contributed by atoms with E-state index in [1.165, 1.54) is 0 Å². The van der Waals surface area contributed by atoms with E-state index in [9.17, 15) is 4.79 Å². The van der Waals surface area contributed by atoms with Crippen LogP contribution < -0.4 is 5.32 Å². The first-order valence-electron chi connectivity index (χ1n) is 5.69. The second-order valence-electron chi connectivity index (χ2n) is 4.01. The minimum atomic E-state index is 0.111. The summed E-state index contributed by atoms with van der Waals surface area (Å²) in [5.74, 6) is 3.24. The maximum Gasteiger partial charge on any atom is 0.234 e. The van der Waals surface area contributed by atoms with Crippen molar-refractivity contribution in [2.24, 2.45) is 5.92 Å². The van der Waals surface area contributed by atoms with Crippen molar-refractivity contribution in [1.82, 2.24) is 10.2 Å². The van der Waals surface area contributed by atoms with Gasteiger partial charge in [0.25, 0.3) is 0 Å². The van der Waals surface area contributed by atoms with E-state index in [-0.39, 0.29) is 12.3 Å². The number of likely N-dealkylation sites (tertiary alicyclic amines) is 1. The Morgan fingerprint density at radius 2 is 2.20 bits per heavy atom. The van der Waals surface area contributed by atoms with Gasteiger partial charge in [-0.25, -0.2) is 0 Å². The summed E-state index contributed by atoms with van der Waals surface area (Å²) < 4.78 is 0. The van der Waals surface area contributed by atoms with Gasteiger partial charge in [-0.1, -0.05) is 12.8 Å². The van der Waals surface area contributed by atoms with E-state index in [0.717, 1.165) is 44.9 Å². The largest absolute Gasteiger partial charge is 0.342 e. The molecule has 1 aliphatic heterocycles. The number of nitrogens with one attached hydrogen (secondary N) is 1. The van der Waals surface area contributed by atoms with Gasteiger partial charge >= 0.3 is 0 Å². The number of piperidine rings is 1. The fraction of sp³-hybridized carbons (Fsp3) is 0.750. The van der Waals surface area contributed by atoms with Crippen molar-refractivity contribution in [3.8, 4) is 12.3 Å². The van der Waals surface area contributed by atoms with Crippen LogP contribution in [0.4, 0.5) is 0 Å². The molecule has 1 heterocycles. The normalized spacial score (nSPS) is 17.5. The van der Waals surface area contributed by atoms with Crippen LogP contribution in [0.1, 0.15) is 26.2 Å². The third-order valence-electron chi connectivity index (χ3n) is 2.90. The summed E-state index contributed by atoms with van der Waals surface area (Å²) in [6.45, 7) is 5.96. The van der Waals surface area contributed by atoms with E-state index in [2.05, 4.69) is 18.2 Å². The number of carbonyl (C=O) groups is 1. The van der Waals surface area contributed by atoms with Crippen LogP contribution in [-0.2, 0) is 4.79 Å². The maximum absolute atomic E-state index is 11.5. The van der Waals surface area contributed by atoms with Crippen LogP contribution in [0.15, 0.2) is 0 Å². The van der Waals surface area contributed by atoms with Crippen LogP contribution in [0.5, 0.6) is 0 Å². The Hall–Kier alpha value is -1.01. The minimum Gasteiger partial charge on any atom is -0.342 e. The second-order valence-corrected chi connectivity index (χ2v) is 4.01. The molecule has 1 N–H and O–H groups in total. The third-order valence-corrected chi connectivity index (χ3v) is 2.90. The van der Waals surface area contributed by atoms with Gasteiger partial charge in [-0.15, -0.1) is 6.42 Å². The number of rotatable bonds is 4. The SMILES string of the molecule is C#CCC(=O)N1CCC(CNCC)CC1. The van der Waals surface area contributed by atoms with E-state index in [0.29, 0.717) is 0 Å². The summed E-state index contributed by atoms with van der Waals surface area (Å²) in [6.07, 6.45) is 7.57. The van der Waals surface area contributed by atoms with Gasteiger partial charge in [0.1, 0.15) is 0 Å². The molecule has 0 radical (unpaired) electrons. The van der Waals surface area contributed by atoms with Crippen molar-refractivity contribution in [3.05, 3.63) is 0 Å². The van der Waals surface area contributed by atoms with Crippen molar-refractivity contribution in [2.45, 2.75) is 26.2 Å². The van der Waals surface area contributed by atoms with Crippen molar-refractivity contribution in [1.29, 1.82) is 0 Å². The van der Waals surface area contributed by atoms with Crippen LogP contribution >= 0.6 is 0 Å². The van der Waals surface area contributed by atoms with Crippen molar-refractivity contribution < 1.29 is 4.79 Å². The molecule has 84 valence electrons. The second kappa shape index (κ2) is 6.47. The van der Waals surface area contributed by atoms with Gasteiger partial charge in [-0.2, -0.15) is 0 Å². The number of nitrogens with zero attached hydrogens (tertiary/aromatic N) is 1. The Bertz CT molecular complexity index is 236. The Morgan fingerprint density at radius 1 is 1.53 bits per heavy atom. The highest BCUT2D eigenvalue weighted by atomic mass is 16.2. The molecule has 3 nitrogen and oxygen atoms in total. The van der Waals surface area contributed by atoms with Gasteiger partial charge < -0.3 is 10.2 Å². The number of carbonyl (C=O) groups excluding carboxylic acids is 1. The molecule has 0 spiro atoms. The van der Waals surface area contributed by atoms with E-state index in [1.54, 1.807) is 0 Å². The smallest absolute Gasteiger partial charge is 0.234 e. The lowest BCUT2D eigenvalue weighted by Crippen LogP contribution is -2.40. The predicted molar refractivity (Wildman–Crippen MR) is 61.3 cm³/mol. The van der Waals surface area contributed by atoms with Crippen LogP contribution in [-0.4, -0.2) is 37.0 Å². The Kier molecular flexibility index (Phi) is 5.20. The van der Waals surface area contributed by atoms with Gasteiger partial charge in [-0.05, 0) is 31.8 Å². The first-order chi connectivity index (χ1) is 7.27. The highest BCUT2D eigenvalue weighted by molar-refractivity contribution is 5.78. The first kappa shape index (κ1) is 12.1. The number of amides is 1. The highest BCUT2D eigenvalue weighted by Crippen LogP contribution is 2.16. The molecule has 1 aliphatic rings. The van der Waals surface area contributed by atoms with Crippen LogP contribution in [0.2, 0.25) is 0 Å². The summed E-state index contributed by atoms with van der Waals surface area (Å²) in [5, 5.41) is 3.35. The van der Waals surface area contributed by atoms with Gasteiger partial charge in [0, 0.05) is 13.1 Å². The van der Waals surface area contributed by atoms with Crippen molar-refractivity contribution >= 4 is 5.91 Å². The molecular formula is C12H20N2O. The monoisotopic (exact) mass is 208 g/mol. The minimum absolute atomic E-state index is 0.111. The topological polar surface area (TPSA) is 32.3 Å². The molecule has 0 bridgehead atoms. The van der Waals surface area contributed by atoms with E-state index in [4.69, 9.17) is 6.42 Å². The average molecular weight is 208 g/mol. The molecule has 0 aromatic rings. The molecule has 3 heteroatoms. The zero-order valence-electron chi connectivity index (χ0n) is 9.46. The fourth-order valence-corrected chi connectivity index (χ4v) is 1.93. The maximum atomic E-state index is 11.5. The fourth-order valence-electron chi connectivity index (χ4n) is 1.93. The summed E-state index contributed by atoms with van der Waals surface area (Å²) >= 11 is 0. The zero-order valence-corrected chi connectivity index (χ0v) is 9.46. The summed E-state index contributed by atoms with van der Waals surface area (Å²) in [6, 6.07) is 0. The number of terminal acetylenes is 1. The summed E-state index contributed by atoms with van der Waals surface area (Å²) in [4.78, 5) is 13.4. The molecule has 0 saturated carbocycles. The summed E-state index contributed by atoms with van der Waals surface area (Å²) in [7, 11) is 0. The molecular weight excluding hydrogens is 188 g/mol. The van der Waals surface area contributed by atoms with Gasteiger partial charge in [0.15, 0.2) is 0 Å². The standard InChI is InChI=1S/C12H20N2O/c1-3-5-12(15)14-8-6-11(7-9-14)10-13-4-2/h1,11,13H,4-10H2,2H3. The molecule has 1 amide bonds. The van der Waals surface area contributed by atoms with Gasteiger partial charge in [0.05, 0.1) is 6.42 Å². The lowest BCUT2D eigenvalue weighted by Gasteiger charge is -2.31. The summed E-state index contributed by atoms with van der Waals surface area (Å²) in [5.41, 5.74) is 0. The Labute approximate surface area is 92.2 Å². The zero-order chi connectivity index (χ0) is 11.1. The quantitative estimate of drug-likeness (QED) is 0.695. The van der Waals surface area contributed by atoms with Crippen LogP contribution in [0.25, 0.3) is 0 Å². The number of hydrogen-bond donors (Lipinski definition) is 1. The van der Waals surface area contributed by atoms with Crippen molar-refractivity contribution in [2.75, 3.05) is 26.2 Å². The molecule has 0 aromatic heterocycles. The van der Waals surface area contributed by atoms with Gasteiger partial charge in [-0.3, -0.25) is 4.79 Å². The Balaban J connectivity index is 2.24. The van der Waals surface area contributed by atoms with Crippen molar-refractivity contribution in [3.63, 3.8) is 0 Å². The van der Waals surface area contributed by atoms with Gasteiger partial charge in [0.2, 0.25) is 5.91 Å². The molecule has 0 atom stereocenters. The van der Waals surface area contributed by atoms with E-state index < -0.39 is 0 Å². The average Bonchev–Trinajstić information content (AvgIpc) is 2.27. The molecule has 1 rings (SSSR count). The molecule has 15 heavy (non-hydrogen) atoms. The lowest BCUT2D eigenvalue weighted by molar-refractivity contribution is -0.131. The first-order valence-corrected chi connectivity index (χ1v) is 5.69. The van der Waals surface area contributed by atoms with Crippen LogP contribution in [0.3, 0.4) is 0 Å². The predicted octanol–water partition coefficient (Wildman–Crippen LogP) is 0.858. The Morgan fingerprint density at radius 3 is 2.73 bits per heavy atom.